The Hall–Kier alpha value is -1.29. The minimum atomic E-state index is -0.275. The number of hydrogen-bond donors (Lipinski definition) is 0. The molecule has 1 aliphatic carbocycles. The Kier molecular flexibility index (Phi) is 2.54. The first-order chi connectivity index (χ1) is 7.52. The van der Waals surface area contributed by atoms with Gasteiger partial charge in [-0.2, -0.15) is 5.26 Å². The monoisotopic (exact) mass is 213 g/mol. The van der Waals surface area contributed by atoms with Gasteiger partial charge in [0.25, 0.3) is 0 Å². The molecule has 0 saturated carbocycles. The molecular formula is C15H19N. The van der Waals surface area contributed by atoms with Crippen LogP contribution in [0.1, 0.15) is 37.5 Å². The van der Waals surface area contributed by atoms with Crippen LogP contribution in [0.3, 0.4) is 0 Å². The molecule has 0 fully saturated rings. The first kappa shape index (κ1) is 11.2. The second-order valence-electron chi connectivity index (χ2n) is 5.40. The van der Waals surface area contributed by atoms with Crippen molar-refractivity contribution in [1.82, 2.24) is 0 Å². The molecule has 0 N–H and O–H groups in total. The summed E-state index contributed by atoms with van der Waals surface area (Å²) in [5.41, 5.74) is 3.66. The molecule has 1 aromatic rings. The van der Waals surface area contributed by atoms with Crippen LogP contribution in [-0.2, 0) is 11.8 Å². The molecule has 16 heavy (non-hydrogen) atoms. The maximum Gasteiger partial charge on any atom is 0.0876 e. The molecule has 1 heteroatoms. The lowest BCUT2D eigenvalue weighted by molar-refractivity contribution is 0.302. The molecule has 0 aromatic heterocycles. The Bertz CT molecular complexity index is 453. The normalized spacial score (nSPS) is 27.9. The molecule has 0 unspecified atom stereocenters. The molecule has 1 aromatic carbocycles. The Labute approximate surface area is 98.1 Å². The summed E-state index contributed by atoms with van der Waals surface area (Å²) in [5, 5.41) is 9.62. The van der Waals surface area contributed by atoms with Crippen LogP contribution in [0, 0.1) is 30.1 Å². The third-order valence-electron chi connectivity index (χ3n) is 4.11. The molecule has 2 atom stereocenters. The Morgan fingerprint density at radius 2 is 2.12 bits per heavy atom. The fourth-order valence-corrected chi connectivity index (χ4v) is 3.23. The fraction of sp³-hybridized carbons (Fsp3) is 0.533. The van der Waals surface area contributed by atoms with E-state index in [0.29, 0.717) is 11.8 Å². The highest BCUT2D eigenvalue weighted by Crippen LogP contribution is 2.47. The lowest BCUT2D eigenvalue weighted by Crippen LogP contribution is -2.34. The van der Waals surface area contributed by atoms with Crippen molar-refractivity contribution in [1.29, 1.82) is 5.26 Å². The quantitative estimate of drug-likeness (QED) is 0.699. The molecule has 0 spiro atoms. The first-order valence-corrected chi connectivity index (χ1v) is 6.03. The van der Waals surface area contributed by atoms with E-state index in [0.717, 1.165) is 6.42 Å². The molecular weight excluding hydrogens is 194 g/mol. The van der Waals surface area contributed by atoms with Crippen LogP contribution in [0.4, 0.5) is 0 Å². The SMILES string of the molecule is Cc1ccc2c(c1)C[C@@H](C)[C@]2(C#N)C(C)C. The molecule has 2 rings (SSSR count). The highest BCUT2D eigenvalue weighted by atomic mass is 14.5. The van der Waals surface area contributed by atoms with Gasteiger partial charge in [-0.15, -0.1) is 0 Å². The lowest BCUT2D eigenvalue weighted by atomic mass is 9.69. The van der Waals surface area contributed by atoms with Crippen molar-refractivity contribution in [2.45, 2.75) is 39.5 Å². The van der Waals surface area contributed by atoms with Crippen molar-refractivity contribution in [2.24, 2.45) is 11.8 Å². The average molecular weight is 213 g/mol. The highest BCUT2D eigenvalue weighted by Gasteiger charge is 2.47. The van der Waals surface area contributed by atoms with Crippen molar-refractivity contribution in [2.75, 3.05) is 0 Å². The summed E-state index contributed by atoms with van der Waals surface area (Å²) < 4.78 is 0. The van der Waals surface area contributed by atoms with Crippen LogP contribution >= 0.6 is 0 Å². The number of rotatable bonds is 1. The fourth-order valence-electron chi connectivity index (χ4n) is 3.23. The average Bonchev–Trinajstić information content (AvgIpc) is 2.49. The summed E-state index contributed by atoms with van der Waals surface area (Å²) in [4.78, 5) is 0. The van der Waals surface area contributed by atoms with Gasteiger partial charge in [-0.3, -0.25) is 0 Å². The standard InChI is InChI=1S/C15H19N/c1-10(2)15(9-16)12(4)8-13-7-11(3)5-6-14(13)15/h5-7,10,12H,8H2,1-4H3/t12-,15+/m1/s1. The largest absolute Gasteiger partial charge is 0.197 e. The highest BCUT2D eigenvalue weighted by molar-refractivity contribution is 5.47. The molecule has 1 aliphatic rings. The van der Waals surface area contributed by atoms with Crippen molar-refractivity contribution < 1.29 is 0 Å². The van der Waals surface area contributed by atoms with Gasteiger partial charge in [0.05, 0.1) is 11.5 Å². The third-order valence-corrected chi connectivity index (χ3v) is 4.11. The van der Waals surface area contributed by atoms with Gasteiger partial charge in [0.15, 0.2) is 0 Å². The number of nitrogens with zero attached hydrogens (tertiary/aromatic N) is 1. The Morgan fingerprint density at radius 1 is 1.44 bits per heavy atom. The Morgan fingerprint density at radius 3 is 2.69 bits per heavy atom. The maximum absolute atomic E-state index is 9.62. The van der Waals surface area contributed by atoms with E-state index in [-0.39, 0.29) is 5.41 Å². The van der Waals surface area contributed by atoms with E-state index in [1.807, 2.05) is 0 Å². The van der Waals surface area contributed by atoms with Crippen LogP contribution in [-0.4, -0.2) is 0 Å². The topological polar surface area (TPSA) is 23.8 Å². The number of hydrogen-bond acceptors (Lipinski definition) is 1. The van der Waals surface area contributed by atoms with Gasteiger partial charge in [-0.1, -0.05) is 44.5 Å². The molecule has 0 radical (unpaired) electrons. The van der Waals surface area contributed by atoms with Crippen LogP contribution in [0.15, 0.2) is 18.2 Å². The van der Waals surface area contributed by atoms with E-state index < -0.39 is 0 Å². The van der Waals surface area contributed by atoms with E-state index in [1.54, 1.807) is 0 Å². The van der Waals surface area contributed by atoms with Gasteiger partial charge in [0, 0.05) is 0 Å². The summed E-state index contributed by atoms with van der Waals surface area (Å²) in [6, 6.07) is 9.14. The molecule has 0 amide bonds. The van der Waals surface area contributed by atoms with Crippen molar-refractivity contribution in [3.63, 3.8) is 0 Å². The van der Waals surface area contributed by atoms with Crippen molar-refractivity contribution in [3.05, 3.63) is 34.9 Å². The minimum absolute atomic E-state index is 0.275. The van der Waals surface area contributed by atoms with Gasteiger partial charge in [-0.25, -0.2) is 0 Å². The first-order valence-electron chi connectivity index (χ1n) is 6.03. The number of aryl methyl sites for hydroxylation is 1. The third kappa shape index (κ3) is 1.29. The molecule has 0 bridgehead atoms. The van der Waals surface area contributed by atoms with Crippen LogP contribution in [0.5, 0.6) is 0 Å². The van der Waals surface area contributed by atoms with Crippen LogP contribution < -0.4 is 0 Å². The Balaban J connectivity index is 2.64. The minimum Gasteiger partial charge on any atom is -0.197 e. The maximum atomic E-state index is 9.62. The molecule has 0 heterocycles. The summed E-state index contributed by atoms with van der Waals surface area (Å²) in [7, 11) is 0. The van der Waals surface area contributed by atoms with Crippen LogP contribution in [0.2, 0.25) is 0 Å². The van der Waals surface area contributed by atoms with E-state index in [9.17, 15) is 5.26 Å². The summed E-state index contributed by atoms with van der Waals surface area (Å²) in [6.45, 7) is 8.65. The summed E-state index contributed by atoms with van der Waals surface area (Å²) in [5.74, 6) is 0.797. The van der Waals surface area contributed by atoms with Gasteiger partial charge in [0.2, 0.25) is 0 Å². The van der Waals surface area contributed by atoms with E-state index in [1.165, 1.54) is 16.7 Å². The van der Waals surface area contributed by atoms with Crippen molar-refractivity contribution in [3.8, 4) is 6.07 Å². The van der Waals surface area contributed by atoms with Gasteiger partial charge in [0.1, 0.15) is 0 Å². The predicted molar refractivity (Wildman–Crippen MR) is 66.2 cm³/mol. The molecule has 84 valence electrons. The molecule has 1 nitrogen and oxygen atoms in total. The lowest BCUT2D eigenvalue weighted by Gasteiger charge is -2.31. The molecule has 0 aliphatic heterocycles. The zero-order chi connectivity index (χ0) is 11.9. The zero-order valence-electron chi connectivity index (χ0n) is 10.5. The smallest absolute Gasteiger partial charge is 0.0876 e. The summed E-state index contributed by atoms with van der Waals surface area (Å²) in [6.07, 6.45) is 1.04. The van der Waals surface area contributed by atoms with E-state index in [2.05, 4.69) is 52.0 Å². The predicted octanol–water partition coefficient (Wildman–Crippen LogP) is 3.60. The number of benzene rings is 1. The molecule has 0 saturated heterocycles. The number of nitriles is 1. The van der Waals surface area contributed by atoms with Crippen molar-refractivity contribution >= 4 is 0 Å². The van der Waals surface area contributed by atoms with Gasteiger partial charge < -0.3 is 0 Å². The second kappa shape index (κ2) is 3.63. The second-order valence-corrected chi connectivity index (χ2v) is 5.40. The van der Waals surface area contributed by atoms with Gasteiger partial charge >= 0.3 is 0 Å². The zero-order valence-corrected chi connectivity index (χ0v) is 10.5. The number of fused-ring (bicyclic) bond motifs is 1. The van der Waals surface area contributed by atoms with Gasteiger partial charge in [-0.05, 0) is 36.3 Å². The van der Waals surface area contributed by atoms with E-state index in [4.69, 9.17) is 0 Å². The van der Waals surface area contributed by atoms with Crippen LogP contribution in [0.25, 0.3) is 0 Å². The van der Waals surface area contributed by atoms with E-state index >= 15 is 0 Å². The summed E-state index contributed by atoms with van der Waals surface area (Å²) >= 11 is 0.